The normalized spacial score (nSPS) is 17.4. The molecule has 0 spiro atoms. The summed E-state index contributed by atoms with van der Waals surface area (Å²) >= 11 is 5.95. The van der Waals surface area contributed by atoms with Gasteiger partial charge in [-0.25, -0.2) is 9.18 Å². The van der Waals surface area contributed by atoms with E-state index in [0.717, 1.165) is 16.7 Å². The summed E-state index contributed by atoms with van der Waals surface area (Å²) in [7, 11) is 0. The molecule has 1 aromatic carbocycles. The Labute approximate surface area is 146 Å². The molecule has 1 aliphatic heterocycles. The van der Waals surface area contributed by atoms with Crippen LogP contribution < -0.4 is 0 Å². The van der Waals surface area contributed by atoms with E-state index in [9.17, 15) is 23.9 Å². The summed E-state index contributed by atoms with van der Waals surface area (Å²) < 4.78 is 13.2. The topological polar surface area (TPSA) is 94.9 Å². The number of hydrogen-bond donors (Lipinski definition) is 2. The molecule has 1 aromatic rings. The zero-order valence-corrected chi connectivity index (χ0v) is 13.8. The molecule has 0 aliphatic carbocycles. The lowest BCUT2D eigenvalue weighted by Gasteiger charge is -2.22. The highest BCUT2D eigenvalue weighted by Gasteiger charge is 2.40. The number of thioether (sulfide) groups is 1. The van der Waals surface area contributed by atoms with Crippen LogP contribution in [0.1, 0.15) is 18.4 Å². The van der Waals surface area contributed by atoms with Crippen molar-refractivity contribution in [3.05, 3.63) is 40.6 Å². The minimum absolute atomic E-state index is 0.0282. The first-order chi connectivity index (χ1) is 11.3. The standard InChI is InChI=1S/C15H12FNO5S2/c16-9-3-1-2-8(6-9)7-11-13(20)17(15(23)24-11)10(14(21)22)4-5-12(18)19/h1-3,6-7,10H,4-5H2,(H,18,19)(H,21,22)/b11-7-. The third-order valence-electron chi connectivity index (χ3n) is 3.20. The van der Waals surface area contributed by atoms with Crippen molar-refractivity contribution in [3.63, 3.8) is 0 Å². The van der Waals surface area contributed by atoms with Gasteiger partial charge in [0.2, 0.25) is 0 Å². The fourth-order valence-electron chi connectivity index (χ4n) is 2.12. The van der Waals surface area contributed by atoms with Crippen molar-refractivity contribution in [1.29, 1.82) is 0 Å². The van der Waals surface area contributed by atoms with Crippen LogP contribution in [0.15, 0.2) is 29.2 Å². The zero-order valence-electron chi connectivity index (χ0n) is 12.1. The number of benzene rings is 1. The molecule has 1 heterocycles. The molecule has 0 bridgehead atoms. The molecule has 2 rings (SSSR count). The van der Waals surface area contributed by atoms with Crippen LogP contribution in [0.2, 0.25) is 0 Å². The molecule has 0 radical (unpaired) electrons. The highest BCUT2D eigenvalue weighted by Crippen LogP contribution is 2.35. The van der Waals surface area contributed by atoms with Crippen molar-refractivity contribution in [1.82, 2.24) is 4.90 Å². The van der Waals surface area contributed by atoms with Crippen molar-refractivity contribution in [2.24, 2.45) is 0 Å². The minimum Gasteiger partial charge on any atom is -0.481 e. The van der Waals surface area contributed by atoms with Crippen LogP contribution in [0.25, 0.3) is 6.08 Å². The number of rotatable bonds is 6. The summed E-state index contributed by atoms with van der Waals surface area (Å²) in [6, 6.07) is 4.21. The first kappa shape index (κ1) is 18.1. The Morgan fingerprint density at radius 3 is 2.67 bits per heavy atom. The number of carbonyl (C=O) groups excluding carboxylic acids is 1. The number of hydrogen-bond acceptors (Lipinski definition) is 5. The predicted molar refractivity (Wildman–Crippen MR) is 89.7 cm³/mol. The summed E-state index contributed by atoms with van der Waals surface area (Å²) in [5.74, 6) is -3.60. The van der Waals surface area contributed by atoms with Crippen molar-refractivity contribution < 1.29 is 29.0 Å². The summed E-state index contributed by atoms with van der Waals surface area (Å²) in [4.78, 5) is 35.5. The first-order valence-corrected chi connectivity index (χ1v) is 7.99. The summed E-state index contributed by atoms with van der Waals surface area (Å²) in [6.45, 7) is 0. The van der Waals surface area contributed by atoms with Gasteiger partial charge in [0.25, 0.3) is 5.91 Å². The van der Waals surface area contributed by atoms with Crippen LogP contribution in [0.4, 0.5) is 4.39 Å². The number of thiocarbonyl (C=S) groups is 1. The van der Waals surface area contributed by atoms with Gasteiger partial charge in [0.1, 0.15) is 16.2 Å². The molecule has 24 heavy (non-hydrogen) atoms. The van der Waals surface area contributed by atoms with Crippen molar-refractivity contribution in [3.8, 4) is 0 Å². The molecule has 1 atom stereocenters. The molecule has 1 fully saturated rings. The predicted octanol–water partition coefficient (Wildman–Crippen LogP) is 2.34. The van der Waals surface area contributed by atoms with E-state index in [-0.39, 0.29) is 15.6 Å². The third-order valence-corrected chi connectivity index (χ3v) is 4.53. The molecule has 126 valence electrons. The largest absolute Gasteiger partial charge is 0.481 e. The van der Waals surface area contributed by atoms with Crippen molar-refractivity contribution >= 4 is 52.2 Å². The maximum absolute atomic E-state index is 13.2. The van der Waals surface area contributed by atoms with Crippen molar-refractivity contribution in [2.45, 2.75) is 18.9 Å². The van der Waals surface area contributed by atoms with Gasteiger partial charge in [-0.3, -0.25) is 14.5 Å². The monoisotopic (exact) mass is 369 g/mol. The molecule has 9 heteroatoms. The molecule has 2 N–H and O–H groups in total. The Kier molecular flexibility index (Phi) is 5.68. The lowest BCUT2D eigenvalue weighted by Crippen LogP contribution is -2.44. The maximum Gasteiger partial charge on any atom is 0.326 e. The van der Waals surface area contributed by atoms with Gasteiger partial charge in [-0.05, 0) is 30.2 Å². The highest BCUT2D eigenvalue weighted by molar-refractivity contribution is 8.26. The van der Waals surface area contributed by atoms with Crippen LogP contribution in [-0.2, 0) is 14.4 Å². The van der Waals surface area contributed by atoms with E-state index in [1.165, 1.54) is 24.3 Å². The number of nitrogens with zero attached hydrogens (tertiary/aromatic N) is 1. The maximum atomic E-state index is 13.2. The average molecular weight is 369 g/mol. The fraction of sp³-hybridized carbons (Fsp3) is 0.200. The molecule has 0 aromatic heterocycles. The van der Waals surface area contributed by atoms with E-state index < -0.39 is 36.1 Å². The highest BCUT2D eigenvalue weighted by atomic mass is 32.2. The molecule has 1 amide bonds. The lowest BCUT2D eigenvalue weighted by molar-refractivity contribution is -0.146. The molecule has 1 saturated heterocycles. The van der Waals surface area contributed by atoms with Crippen molar-refractivity contribution in [2.75, 3.05) is 0 Å². The average Bonchev–Trinajstić information content (AvgIpc) is 2.74. The number of amides is 1. The molecule has 0 saturated carbocycles. The van der Waals surface area contributed by atoms with Gasteiger partial charge in [0.05, 0.1) is 4.91 Å². The number of carboxylic acid groups (broad SMARTS) is 2. The van der Waals surface area contributed by atoms with Gasteiger partial charge >= 0.3 is 11.9 Å². The smallest absolute Gasteiger partial charge is 0.326 e. The second-order valence-electron chi connectivity index (χ2n) is 4.89. The summed E-state index contributed by atoms with van der Waals surface area (Å²) in [6.07, 6.45) is 0.750. The number of carbonyl (C=O) groups is 3. The van der Waals surface area contributed by atoms with Crippen LogP contribution in [-0.4, -0.2) is 43.3 Å². The lowest BCUT2D eigenvalue weighted by atomic mass is 10.1. The number of halogens is 1. The Balaban J connectivity index is 2.26. The first-order valence-electron chi connectivity index (χ1n) is 6.77. The summed E-state index contributed by atoms with van der Waals surface area (Å²) in [5.41, 5.74) is 0.438. The van der Waals surface area contributed by atoms with E-state index in [1.807, 2.05) is 0 Å². The fourth-order valence-corrected chi connectivity index (χ4v) is 3.48. The number of aliphatic carboxylic acids is 2. The van der Waals surface area contributed by atoms with Gasteiger partial charge < -0.3 is 10.2 Å². The molecule has 6 nitrogen and oxygen atoms in total. The van der Waals surface area contributed by atoms with Gasteiger partial charge in [-0.15, -0.1) is 0 Å². The molecule has 1 unspecified atom stereocenters. The van der Waals surface area contributed by atoms with Gasteiger partial charge in [-0.1, -0.05) is 36.1 Å². The number of carboxylic acids is 2. The van der Waals surface area contributed by atoms with Crippen LogP contribution in [0.5, 0.6) is 0 Å². The molecule has 1 aliphatic rings. The Morgan fingerprint density at radius 1 is 1.38 bits per heavy atom. The summed E-state index contributed by atoms with van der Waals surface area (Å²) in [5, 5.41) is 18.0. The van der Waals surface area contributed by atoms with Crippen LogP contribution in [0.3, 0.4) is 0 Å². The van der Waals surface area contributed by atoms with Gasteiger partial charge in [0, 0.05) is 6.42 Å². The third kappa shape index (κ3) is 4.18. The van der Waals surface area contributed by atoms with Crippen LogP contribution in [0, 0.1) is 5.82 Å². The molecular formula is C15H12FNO5S2. The van der Waals surface area contributed by atoms with Gasteiger partial charge in [0.15, 0.2) is 0 Å². The van der Waals surface area contributed by atoms with Gasteiger partial charge in [-0.2, -0.15) is 0 Å². The van der Waals surface area contributed by atoms with Crippen LogP contribution >= 0.6 is 24.0 Å². The second-order valence-corrected chi connectivity index (χ2v) is 6.57. The van der Waals surface area contributed by atoms with E-state index in [0.29, 0.717) is 5.56 Å². The Hall–Kier alpha value is -2.26. The van der Waals surface area contributed by atoms with E-state index in [2.05, 4.69) is 0 Å². The SMILES string of the molecule is O=C(O)CCC(C(=O)O)N1C(=O)/C(=C/c2cccc(F)c2)SC1=S. The van der Waals surface area contributed by atoms with E-state index in [4.69, 9.17) is 17.3 Å². The van der Waals surface area contributed by atoms with E-state index in [1.54, 1.807) is 6.07 Å². The quantitative estimate of drug-likeness (QED) is 0.587. The zero-order chi connectivity index (χ0) is 17.9. The second kappa shape index (κ2) is 7.54. The molecular weight excluding hydrogens is 357 g/mol. The Morgan fingerprint density at radius 2 is 2.08 bits per heavy atom. The Bertz CT molecular complexity index is 749. The minimum atomic E-state index is -1.35. The van der Waals surface area contributed by atoms with E-state index >= 15 is 0 Å².